The van der Waals surface area contributed by atoms with Crippen molar-refractivity contribution in [2.24, 2.45) is 20.2 Å². The molecule has 15 rings (SSSR count). The molecule has 0 fully saturated rings. The van der Waals surface area contributed by atoms with Gasteiger partial charge in [-0.2, -0.15) is 31.8 Å². The Hall–Kier alpha value is -9.55. The number of furan rings is 1. The van der Waals surface area contributed by atoms with E-state index in [9.17, 15) is 0 Å². The summed E-state index contributed by atoms with van der Waals surface area (Å²) in [5, 5.41) is 30.8. The Kier molecular flexibility index (Phi) is 54.2. The average molecular weight is 1120 g/mol. The quantitative estimate of drug-likeness (QED) is 0.137. The summed E-state index contributed by atoms with van der Waals surface area (Å²) in [6.45, 7) is 1.67. The number of aliphatic imine (C=N–C) groups is 2. The molecule has 0 saturated carbocycles. The van der Waals surface area contributed by atoms with Crippen molar-refractivity contribution in [3.8, 4) is 0 Å². The van der Waals surface area contributed by atoms with Gasteiger partial charge in [-0.15, -0.1) is 11.3 Å². The largest absolute Gasteiger partial charge is 0.473 e. The zero-order valence-corrected chi connectivity index (χ0v) is 45.5. The second-order valence-corrected chi connectivity index (χ2v) is 15.3. The summed E-state index contributed by atoms with van der Waals surface area (Å²) in [5.41, 5.74) is 1.79. The zero-order valence-electron chi connectivity index (χ0n) is 42.2. The lowest BCUT2D eigenvalue weighted by atomic mass is 10.5. The van der Waals surface area contributed by atoms with Gasteiger partial charge in [0.05, 0.1) is 49.7 Å². The van der Waals surface area contributed by atoms with Gasteiger partial charge in [-0.3, -0.25) is 20.0 Å². The van der Waals surface area contributed by atoms with Crippen LogP contribution in [-0.2, 0) is 0 Å². The molecule has 0 spiro atoms. The second kappa shape index (κ2) is 63.6. The van der Waals surface area contributed by atoms with Crippen molar-refractivity contribution >= 4 is 58.2 Å². The maximum Gasteiger partial charge on any atom is 0.180 e. The first-order valence-electron chi connectivity index (χ1n) is 22.9. The molecule has 0 saturated heterocycles. The van der Waals surface area contributed by atoms with E-state index in [1.807, 2.05) is 124 Å². The molecule has 0 unspecified atom stereocenters. The van der Waals surface area contributed by atoms with Gasteiger partial charge in [0.2, 0.25) is 0 Å². The van der Waals surface area contributed by atoms with Gasteiger partial charge in [-0.1, -0.05) is 65.0 Å². The fraction of sp³-hybridized carbons (Fsp3) is 0.0727. The molecule has 11 aromatic rings. The molecule has 0 radical (unpaired) electrons. The highest BCUT2D eigenvalue weighted by atomic mass is 32.1. The summed E-state index contributed by atoms with van der Waals surface area (Å²) in [6, 6.07) is 26.1. The van der Waals surface area contributed by atoms with Crippen LogP contribution in [0.2, 0.25) is 0 Å². The van der Waals surface area contributed by atoms with Crippen LogP contribution in [0.15, 0.2) is 335 Å². The Morgan fingerprint density at radius 1 is 0.397 bits per heavy atom. The fourth-order valence-corrected chi connectivity index (χ4v) is 5.07. The second-order valence-electron chi connectivity index (χ2n) is 12.3. The van der Waals surface area contributed by atoms with Crippen LogP contribution in [0.25, 0.3) is 0 Å². The third-order valence-corrected chi connectivity index (χ3v) is 8.83. The summed E-state index contributed by atoms with van der Waals surface area (Å²) < 4.78 is 25.2. The van der Waals surface area contributed by atoms with E-state index in [0.717, 1.165) is 25.9 Å². The van der Waals surface area contributed by atoms with Crippen LogP contribution in [0.5, 0.6) is 0 Å². The highest BCUT2D eigenvalue weighted by molar-refractivity contribution is 7.07. The molecule has 3 aliphatic heterocycles. The minimum Gasteiger partial charge on any atom is -0.473 e. The number of azo groups is 1. The van der Waals surface area contributed by atoms with E-state index in [2.05, 4.69) is 117 Å². The molecular formula is C55H59N15O4S4. The van der Waals surface area contributed by atoms with Crippen molar-refractivity contribution in [2.75, 3.05) is 13.1 Å². The van der Waals surface area contributed by atoms with E-state index in [1.54, 1.807) is 152 Å². The van der Waals surface area contributed by atoms with Crippen molar-refractivity contribution in [1.29, 1.82) is 0 Å². The highest BCUT2D eigenvalue weighted by Crippen LogP contribution is 1.94. The van der Waals surface area contributed by atoms with Crippen LogP contribution in [0.4, 0.5) is 0 Å². The first kappa shape index (κ1) is 66.5. The molecule has 4 aliphatic rings. The number of allylic oxidation sites excluding steroid dienone is 6. The average Bonchev–Trinajstić information content (AvgIpc) is 4.36. The lowest BCUT2D eigenvalue weighted by Crippen LogP contribution is -1.69. The zero-order chi connectivity index (χ0) is 55.2. The Bertz CT molecular complexity index is 2050. The van der Waals surface area contributed by atoms with Gasteiger partial charge in [-0.05, 0) is 119 Å². The van der Waals surface area contributed by atoms with Crippen LogP contribution in [0.3, 0.4) is 0 Å². The van der Waals surface area contributed by atoms with Gasteiger partial charge in [0, 0.05) is 103 Å². The number of thiazole rings is 1. The maximum absolute atomic E-state index is 4.58. The topological polar surface area (TPSA) is 244 Å². The third-order valence-electron chi connectivity index (χ3n) is 6.63. The van der Waals surface area contributed by atoms with Crippen LogP contribution in [0.1, 0.15) is 12.8 Å². The van der Waals surface area contributed by atoms with E-state index in [0.29, 0.717) is 0 Å². The number of thiophene rings is 1. The molecule has 78 heavy (non-hydrogen) atoms. The molecular weight excluding hydrogens is 1060 g/mol. The number of rotatable bonds is 0. The Morgan fingerprint density at radius 3 is 1.24 bits per heavy atom. The molecule has 1 aliphatic carbocycles. The van der Waals surface area contributed by atoms with E-state index < -0.39 is 0 Å². The predicted octanol–water partition coefficient (Wildman–Crippen LogP) is 14.6. The first-order valence-corrected chi connectivity index (χ1v) is 26.4. The lowest BCUT2D eigenvalue weighted by molar-refractivity contribution is 0.419. The number of nitrogens with zero attached hydrogens (tertiary/aromatic N) is 15. The standard InChI is InChI=1S/C5H5N.C5H6.2C4H4N2.2C4H5N.C4H4O.C4H4S.C3H4N2.3C3H3NO.3C3H3NS/c1-2-4-6-5-3-1;1-2-4-5-3-1;1-2-5-4-6-3-1;1-2-4-6-5-3-1;5*1-2-4-5-3-1;1-2-5-3-4-1;2*1-2-4-5-3-1;1-2-5-3-4-1;2*1-2-4-5-3-1/h1-5H;1-4H,5H2;2*1-4H;1,3-4H,2H2;1-3H,4H2;2*1-4H;1-2H,3H2;6*1-3H. The van der Waals surface area contributed by atoms with Crippen molar-refractivity contribution in [1.82, 2.24) is 54.2 Å². The van der Waals surface area contributed by atoms with Crippen LogP contribution in [-0.4, -0.2) is 79.7 Å². The van der Waals surface area contributed by atoms with E-state index >= 15 is 0 Å². The number of aromatic nitrogens is 11. The SMILES string of the molecule is C1=CCC=C1.C1=CCN=C1.C1=CN=CC1.C1=CN=NC1.c1ccncc1.c1ccnnc1.c1ccoc1.c1ccsc1.c1cncnc1.c1cnoc1.c1cnoc1.c1cnsc1.c1cnsc1.c1cocn1.c1cscn1. The van der Waals surface area contributed by atoms with Gasteiger partial charge in [0.1, 0.15) is 25.1 Å². The number of hydrogen-bond acceptors (Lipinski definition) is 23. The van der Waals surface area contributed by atoms with Gasteiger partial charge in [-0.25, -0.2) is 23.7 Å². The monoisotopic (exact) mass is 1120 g/mol. The lowest BCUT2D eigenvalue weighted by Gasteiger charge is -1.70. The van der Waals surface area contributed by atoms with Gasteiger partial charge in [0.25, 0.3) is 0 Å². The fourth-order valence-electron chi connectivity index (χ4n) is 3.56. The summed E-state index contributed by atoms with van der Waals surface area (Å²) in [7, 11) is 0. The van der Waals surface area contributed by atoms with Crippen LogP contribution in [0, 0.1) is 0 Å². The maximum atomic E-state index is 4.58. The molecule has 11 aromatic heterocycles. The first-order chi connectivity index (χ1) is 39.0. The molecule has 0 bridgehead atoms. The summed E-state index contributed by atoms with van der Waals surface area (Å²) in [5.74, 6) is 0. The molecule has 0 aromatic carbocycles. The Balaban J connectivity index is 0.000000418. The molecule has 0 N–H and O–H groups in total. The van der Waals surface area contributed by atoms with E-state index in [1.165, 1.54) is 54.6 Å². The smallest absolute Gasteiger partial charge is 0.180 e. The molecule has 19 nitrogen and oxygen atoms in total. The minimum atomic E-state index is 0.778. The summed E-state index contributed by atoms with van der Waals surface area (Å²) in [4.78, 5) is 26.1. The van der Waals surface area contributed by atoms with Gasteiger partial charge < -0.3 is 17.9 Å². The predicted molar refractivity (Wildman–Crippen MR) is 314 cm³/mol. The van der Waals surface area contributed by atoms with Crippen molar-refractivity contribution in [3.05, 3.63) is 297 Å². The van der Waals surface area contributed by atoms with E-state index in [-0.39, 0.29) is 0 Å². The van der Waals surface area contributed by atoms with Crippen molar-refractivity contribution < 1.29 is 17.9 Å². The van der Waals surface area contributed by atoms with Crippen LogP contribution >= 0.6 is 45.7 Å². The van der Waals surface area contributed by atoms with Crippen molar-refractivity contribution in [3.63, 3.8) is 0 Å². The molecule has 23 heteroatoms. The summed E-state index contributed by atoms with van der Waals surface area (Å²) in [6.07, 6.45) is 56.5. The van der Waals surface area contributed by atoms with Crippen LogP contribution < -0.4 is 0 Å². The molecule has 14 heterocycles. The number of pyridine rings is 1. The Morgan fingerprint density at radius 2 is 1.08 bits per heavy atom. The minimum absolute atomic E-state index is 0.778. The van der Waals surface area contributed by atoms with E-state index in [4.69, 9.17) is 0 Å². The Labute approximate surface area is 470 Å². The third kappa shape index (κ3) is 60.8. The van der Waals surface area contributed by atoms with Gasteiger partial charge in [0.15, 0.2) is 6.39 Å². The van der Waals surface area contributed by atoms with Gasteiger partial charge >= 0.3 is 0 Å². The molecule has 0 atom stereocenters. The number of hydrogen-bond donors (Lipinski definition) is 0. The highest BCUT2D eigenvalue weighted by Gasteiger charge is 1.75. The summed E-state index contributed by atoms with van der Waals surface area (Å²) >= 11 is 6.24. The van der Waals surface area contributed by atoms with Crippen molar-refractivity contribution in [2.45, 2.75) is 12.8 Å². The molecule has 402 valence electrons. The number of oxazole rings is 1. The normalized spacial score (nSPS) is 10.5. The molecule has 0 amide bonds.